The van der Waals surface area contributed by atoms with Crippen molar-refractivity contribution in [2.75, 3.05) is 32.1 Å². The number of likely N-dealkylation sites (tertiary alicyclic amines) is 1. The van der Waals surface area contributed by atoms with Crippen LogP contribution >= 0.6 is 0 Å². The third-order valence-electron chi connectivity index (χ3n) is 6.09. The lowest BCUT2D eigenvalue weighted by molar-refractivity contribution is 0.195. The van der Waals surface area contributed by atoms with E-state index in [-0.39, 0.29) is 0 Å². The van der Waals surface area contributed by atoms with Gasteiger partial charge in [0.1, 0.15) is 17.3 Å². The van der Waals surface area contributed by atoms with Gasteiger partial charge in [-0.3, -0.25) is 4.90 Å². The van der Waals surface area contributed by atoms with E-state index in [9.17, 15) is 0 Å². The lowest BCUT2D eigenvalue weighted by Crippen LogP contribution is -2.33. The molecule has 0 aromatic carbocycles. The van der Waals surface area contributed by atoms with Crippen LogP contribution in [0.4, 0.5) is 5.82 Å². The van der Waals surface area contributed by atoms with Crippen LogP contribution in [0.5, 0.6) is 0 Å². The molecule has 28 heavy (non-hydrogen) atoms. The summed E-state index contributed by atoms with van der Waals surface area (Å²) in [5, 5.41) is 17.9. The van der Waals surface area contributed by atoms with E-state index in [1.54, 1.807) is 0 Å². The maximum absolute atomic E-state index is 5.58. The topological polar surface area (TPSA) is 75.6 Å². The van der Waals surface area contributed by atoms with Gasteiger partial charge >= 0.3 is 0 Å². The molecule has 5 rings (SSSR count). The van der Waals surface area contributed by atoms with Crippen molar-refractivity contribution >= 4 is 11.5 Å². The molecule has 0 spiro atoms. The Morgan fingerprint density at radius 1 is 1.11 bits per heavy atom. The number of aryl methyl sites for hydroxylation is 1. The van der Waals surface area contributed by atoms with Gasteiger partial charge in [0.25, 0.3) is 0 Å². The molecule has 3 aromatic rings. The van der Waals surface area contributed by atoms with Crippen LogP contribution in [-0.4, -0.2) is 57.1 Å². The number of hydrogen-bond acceptors (Lipinski definition) is 7. The van der Waals surface area contributed by atoms with Crippen LogP contribution in [0.2, 0.25) is 0 Å². The lowest BCUT2D eigenvalue weighted by atomic mass is 9.94. The van der Waals surface area contributed by atoms with Crippen LogP contribution in [0, 0.1) is 0 Å². The Kier molecular flexibility index (Phi) is 4.50. The number of anilines is 1. The molecule has 0 saturated carbocycles. The van der Waals surface area contributed by atoms with Crippen molar-refractivity contribution in [3.8, 4) is 0 Å². The highest BCUT2D eigenvalue weighted by Gasteiger charge is 2.27. The Morgan fingerprint density at radius 2 is 1.93 bits per heavy atom. The summed E-state index contributed by atoms with van der Waals surface area (Å²) in [5.41, 5.74) is 3.34. The summed E-state index contributed by atoms with van der Waals surface area (Å²) >= 11 is 0. The maximum atomic E-state index is 5.58. The van der Waals surface area contributed by atoms with Crippen molar-refractivity contribution in [1.29, 1.82) is 0 Å². The van der Waals surface area contributed by atoms with Gasteiger partial charge in [0.15, 0.2) is 11.5 Å². The minimum Gasteiger partial charge on any atom is -0.361 e. The minimum atomic E-state index is 0.391. The molecule has 0 bridgehead atoms. The fourth-order valence-electron chi connectivity index (χ4n) is 4.42. The normalized spacial score (nSPS) is 18.5. The third kappa shape index (κ3) is 3.15. The van der Waals surface area contributed by atoms with Crippen LogP contribution in [0.25, 0.3) is 5.65 Å². The summed E-state index contributed by atoms with van der Waals surface area (Å²) in [5.74, 6) is 3.41. The summed E-state index contributed by atoms with van der Waals surface area (Å²) in [7, 11) is 4.00. The molecule has 0 atom stereocenters. The number of fused-ring (bicyclic) bond motifs is 2. The summed E-state index contributed by atoms with van der Waals surface area (Å²) < 4.78 is 7.50. The van der Waals surface area contributed by atoms with Gasteiger partial charge in [0.2, 0.25) is 0 Å². The monoisotopic (exact) mass is 381 g/mol. The maximum Gasteiger partial charge on any atom is 0.178 e. The van der Waals surface area contributed by atoms with E-state index < -0.39 is 0 Å². The summed E-state index contributed by atoms with van der Waals surface area (Å²) in [6.07, 6.45) is 6.78. The number of rotatable bonds is 4. The molecule has 3 aromatic heterocycles. The Morgan fingerprint density at radius 3 is 2.75 bits per heavy atom. The second kappa shape index (κ2) is 7.16. The average Bonchev–Trinajstić information content (AvgIpc) is 3.33. The standard InChI is InChI=1S/C20H27N7O/c1-25(2)19-8-7-18-21-22-20(27(18)23-19)14-9-11-26(12-10-14)13-16-15-5-3-4-6-17(15)28-24-16/h7-8,14H,3-6,9-13H2,1-2H3. The highest BCUT2D eigenvalue weighted by Crippen LogP contribution is 2.30. The van der Waals surface area contributed by atoms with E-state index in [4.69, 9.17) is 9.62 Å². The van der Waals surface area contributed by atoms with Gasteiger partial charge in [-0.2, -0.15) is 4.52 Å². The molecule has 1 aliphatic carbocycles. The van der Waals surface area contributed by atoms with Gasteiger partial charge in [-0.05, 0) is 57.3 Å². The van der Waals surface area contributed by atoms with E-state index in [0.29, 0.717) is 5.92 Å². The fraction of sp³-hybridized carbons (Fsp3) is 0.600. The first kappa shape index (κ1) is 17.6. The van der Waals surface area contributed by atoms with E-state index in [1.165, 1.54) is 18.4 Å². The van der Waals surface area contributed by atoms with Gasteiger partial charge in [-0.1, -0.05) is 5.16 Å². The first-order chi connectivity index (χ1) is 13.7. The molecule has 8 heteroatoms. The van der Waals surface area contributed by atoms with E-state index >= 15 is 0 Å². The molecule has 1 saturated heterocycles. The van der Waals surface area contributed by atoms with Crippen molar-refractivity contribution in [1.82, 2.24) is 29.9 Å². The molecule has 8 nitrogen and oxygen atoms in total. The second-order valence-corrected chi connectivity index (χ2v) is 8.20. The summed E-state index contributed by atoms with van der Waals surface area (Å²) in [4.78, 5) is 4.50. The predicted molar refractivity (Wildman–Crippen MR) is 106 cm³/mol. The zero-order valence-corrected chi connectivity index (χ0v) is 16.6. The third-order valence-corrected chi connectivity index (χ3v) is 6.09. The zero-order chi connectivity index (χ0) is 19.1. The molecule has 0 N–H and O–H groups in total. The van der Waals surface area contributed by atoms with Crippen LogP contribution in [-0.2, 0) is 19.4 Å². The Bertz CT molecular complexity index is 968. The van der Waals surface area contributed by atoms with Crippen LogP contribution in [0.15, 0.2) is 16.7 Å². The van der Waals surface area contributed by atoms with E-state index in [2.05, 4.69) is 20.3 Å². The van der Waals surface area contributed by atoms with Crippen molar-refractivity contribution in [2.45, 2.75) is 51.0 Å². The van der Waals surface area contributed by atoms with Crippen molar-refractivity contribution < 1.29 is 4.52 Å². The molecule has 0 radical (unpaired) electrons. The van der Waals surface area contributed by atoms with Crippen LogP contribution in [0.1, 0.15) is 54.4 Å². The van der Waals surface area contributed by atoms with E-state index in [1.807, 2.05) is 35.6 Å². The zero-order valence-electron chi connectivity index (χ0n) is 16.6. The van der Waals surface area contributed by atoms with Gasteiger partial charge < -0.3 is 9.42 Å². The molecule has 4 heterocycles. The number of piperidine rings is 1. The fourth-order valence-corrected chi connectivity index (χ4v) is 4.42. The Labute approximate surface area is 164 Å². The number of aromatic nitrogens is 5. The first-order valence-electron chi connectivity index (χ1n) is 10.3. The van der Waals surface area contributed by atoms with Gasteiger partial charge in [0, 0.05) is 38.5 Å². The minimum absolute atomic E-state index is 0.391. The molecule has 0 amide bonds. The Balaban J connectivity index is 1.28. The van der Waals surface area contributed by atoms with Crippen LogP contribution in [0.3, 0.4) is 0 Å². The predicted octanol–water partition coefficient (Wildman–Crippen LogP) is 2.44. The molecule has 0 unspecified atom stereocenters. The quantitative estimate of drug-likeness (QED) is 0.687. The number of hydrogen-bond donors (Lipinski definition) is 0. The van der Waals surface area contributed by atoms with Gasteiger partial charge in [-0.15, -0.1) is 15.3 Å². The SMILES string of the molecule is CN(C)c1ccc2nnc(C3CCN(Cc4noc5c4CCCC5)CC3)n2n1. The van der Waals surface area contributed by atoms with Crippen molar-refractivity contribution in [3.63, 3.8) is 0 Å². The number of nitrogens with zero attached hydrogens (tertiary/aromatic N) is 7. The molecular formula is C20H27N7O. The second-order valence-electron chi connectivity index (χ2n) is 8.20. The molecule has 1 fully saturated rings. The molecule has 148 valence electrons. The molecule has 2 aliphatic rings. The largest absolute Gasteiger partial charge is 0.361 e. The smallest absolute Gasteiger partial charge is 0.178 e. The van der Waals surface area contributed by atoms with Crippen molar-refractivity contribution in [3.05, 3.63) is 35.0 Å². The van der Waals surface area contributed by atoms with E-state index in [0.717, 1.165) is 74.1 Å². The van der Waals surface area contributed by atoms with Gasteiger partial charge in [-0.25, -0.2) is 0 Å². The highest BCUT2D eigenvalue weighted by molar-refractivity contribution is 5.45. The lowest BCUT2D eigenvalue weighted by Gasteiger charge is -2.30. The average molecular weight is 381 g/mol. The first-order valence-corrected chi connectivity index (χ1v) is 10.3. The summed E-state index contributed by atoms with van der Waals surface area (Å²) in [6, 6.07) is 3.97. The van der Waals surface area contributed by atoms with Crippen LogP contribution < -0.4 is 4.90 Å². The van der Waals surface area contributed by atoms with Gasteiger partial charge in [0.05, 0.1) is 0 Å². The highest BCUT2D eigenvalue weighted by atomic mass is 16.5. The molecule has 1 aliphatic heterocycles. The Hall–Kier alpha value is -2.48. The summed E-state index contributed by atoms with van der Waals surface area (Å²) in [6.45, 7) is 2.97. The molecular weight excluding hydrogens is 354 g/mol. The van der Waals surface area contributed by atoms with Crippen molar-refractivity contribution in [2.24, 2.45) is 0 Å².